The Morgan fingerprint density at radius 3 is 2.94 bits per heavy atom. The van der Waals surface area contributed by atoms with Gasteiger partial charge in [0.1, 0.15) is 5.76 Å². The van der Waals surface area contributed by atoms with Gasteiger partial charge in [0.2, 0.25) is 5.91 Å². The van der Waals surface area contributed by atoms with Crippen molar-refractivity contribution in [1.29, 1.82) is 0 Å². The molecule has 94 valence electrons. The van der Waals surface area contributed by atoms with Crippen LogP contribution in [0, 0.1) is 3.57 Å². The molecule has 0 radical (unpaired) electrons. The second-order valence-corrected chi connectivity index (χ2v) is 5.40. The van der Waals surface area contributed by atoms with Gasteiger partial charge >= 0.3 is 0 Å². The average molecular weight is 376 g/mol. The Balaban J connectivity index is 1.92. The highest BCUT2D eigenvalue weighted by Crippen LogP contribution is 2.24. The number of aryl methyl sites for hydroxylation is 1. The number of hydrogen-bond donors (Lipinski definition) is 1. The van der Waals surface area contributed by atoms with E-state index in [0.29, 0.717) is 23.6 Å². The molecule has 0 atom stereocenters. The van der Waals surface area contributed by atoms with Crippen LogP contribution in [0.5, 0.6) is 0 Å². The van der Waals surface area contributed by atoms with Gasteiger partial charge in [-0.05, 0) is 52.9 Å². The van der Waals surface area contributed by atoms with Crippen LogP contribution < -0.4 is 5.32 Å². The largest absolute Gasteiger partial charge is 0.469 e. The molecule has 0 aliphatic heterocycles. The zero-order valence-electron chi connectivity index (χ0n) is 9.45. The molecule has 0 spiro atoms. The lowest BCUT2D eigenvalue weighted by Crippen LogP contribution is -2.12. The number of furan rings is 1. The fourth-order valence-electron chi connectivity index (χ4n) is 1.50. The van der Waals surface area contributed by atoms with Crippen LogP contribution in [0.2, 0.25) is 5.02 Å². The van der Waals surface area contributed by atoms with Crippen LogP contribution in [-0.2, 0) is 11.2 Å². The molecule has 2 aromatic rings. The Hall–Kier alpha value is -1.01. The Kier molecular flexibility index (Phi) is 4.66. The minimum atomic E-state index is -0.0738. The summed E-state index contributed by atoms with van der Waals surface area (Å²) in [5.41, 5.74) is 0.646. The van der Waals surface area contributed by atoms with Crippen LogP contribution in [0.15, 0.2) is 41.0 Å². The average Bonchev–Trinajstić information content (AvgIpc) is 2.84. The van der Waals surface area contributed by atoms with Gasteiger partial charge in [-0.3, -0.25) is 4.79 Å². The lowest BCUT2D eigenvalue weighted by molar-refractivity contribution is -0.116. The van der Waals surface area contributed by atoms with Crippen molar-refractivity contribution >= 4 is 45.8 Å². The summed E-state index contributed by atoms with van der Waals surface area (Å²) < 4.78 is 6.20. The number of rotatable bonds is 4. The molecule has 1 aromatic heterocycles. The standard InChI is InChI=1S/C13H11ClINO2/c14-11-5-3-9(15)8-12(11)16-13(17)6-4-10-2-1-7-18-10/h1-3,5,7-8H,4,6H2,(H,16,17). The number of benzene rings is 1. The molecular weight excluding hydrogens is 365 g/mol. The highest BCUT2D eigenvalue weighted by Gasteiger charge is 2.07. The third-order valence-corrected chi connectivity index (χ3v) is 3.38. The summed E-state index contributed by atoms with van der Waals surface area (Å²) in [6.45, 7) is 0. The maximum Gasteiger partial charge on any atom is 0.224 e. The molecule has 2 rings (SSSR count). The number of hydrogen-bond acceptors (Lipinski definition) is 2. The molecule has 1 N–H and O–H groups in total. The predicted octanol–water partition coefficient (Wildman–Crippen LogP) is 4.11. The summed E-state index contributed by atoms with van der Waals surface area (Å²) >= 11 is 8.18. The van der Waals surface area contributed by atoms with E-state index in [1.165, 1.54) is 0 Å². The predicted molar refractivity (Wildman–Crippen MR) is 79.8 cm³/mol. The van der Waals surface area contributed by atoms with E-state index in [-0.39, 0.29) is 5.91 Å². The van der Waals surface area contributed by atoms with E-state index in [4.69, 9.17) is 16.0 Å². The van der Waals surface area contributed by atoms with E-state index in [9.17, 15) is 4.79 Å². The van der Waals surface area contributed by atoms with Crippen molar-refractivity contribution in [1.82, 2.24) is 0 Å². The molecule has 0 saturated carbocycles. The number of anilines is 1. The molecule has 0 fully saturated rings. The van der Waals surface area contributed by atoms with Crippen LogP contribution in [0.3, 0.4) is 0 Å². The maximum atomic E-state index is 11.8. The first kappa shape index (κ1) is 13.4. The highest BCUT2D eigenvalue weighted by atomic mass is 127. The Morgan fingerprint density at radius 2 is 2.22 bits per heavy atom. The number of amides is 1. The van der Waals surface area contributed by atoms with Crippen molar-refractivity contribution in [2.45, 2.75) is 12.8 Å². The number of carbonyl (C=O) groups excluding carboxylic acids is 1. The van der Waals surface area contributed by atoms with E-state index in [1.54, 1.807) is 12.3 Å². The fraction of sp³-hybridized carbons (Fsp3) is 0.154. The summed E-state index contributed by atoms with van der Waals surface area (Å²) in [5.74, 6) is 0.731. The molecule has 3 nitrogen and oxygen atoms in total. The quantitative estimate of drug-likeness (QED) is 0.817. The molecule has 18 heavy (non-hydrogen) atoms. The van der Waals surface area contributed by atoms with Gasteiger partial charge in [0.15, 0.2) is 0 Å². The zero-order chi connectivity index (χ0) is 13.0. The van der Waals surface area contributed by atoms with Crippen molar-refractivity contribution in [3.63, 3.8) is 0 Å². The van der Waals surface area contributed by atoms with E-state index in [2.05, 4.69) is 27.9 Å². The summed E-state index contributed by atoms with van der Waals surface area (Å²) in [6, 6.07) is 9.16. The summed E-state index contributed by atoms with van der Waals surface area (Å²) in [7, 11) is 0. The number of carbonyl (C=O) groups is 1. The Morgan fingerprint density at radius 1 is 1.39 bits per heavy atom. The maximum absolute atomic E-state index is 11.8. The van der Waals surface area contributed by atoms with Crippen LogP contribution in [0.4, 0.5) is 5.69 Å². The van der Waals surface area contributed by atoms with E-state index >= 15 is 0 Å². The van der Waals surface area contributed by atoms with Gasteiger partial charge in [-0.1, -0.05) is 11.6 Å². The highest BCUT2D eigenvalue weighted by molar-refractivity contribution is 14.1. The van der Waals surface area contributed by atoms with Crippen LogP contribution in [0.1, 0.15) is 12.2 Å². The lowest BCUT2D eigenvalue weighted by atomic mass is 10.2. The summed E-state index contributed by atoms with van der Waals surface area (Å²) in [5, 5.41) is 3.34. The van der Waals surface area contributed by atoms with Gasteiger partial charge in [-0.25, -0.2) is 0 Å². The second-order valence-electron chi connectivity index (χ2n) is 3.75. The van der Waals surface area contributed by atoms with Crippen molar-refractivity contribution in [2.75, 3.05) is 5.32 Å². The first-order valence-corrected chi connectivity index (χ1v) is 6.88. The first-order valence-electron chi connectivity index (χ1n) is 5.42. The normalized spacial score (nSPS) is 10.3. The third-order valence-electron chi connectivity index (χ3n) is 2.38. The molecule has 0 unspecified atom stereocenters. The summed E-state index contributed by atoms with van der Waals surface area (Å²) in [6.07, 6.45) is 2.55. The summed E-state index contributed by atoms with van der Waals surface area (Å²) in [4.78, 5) is 11.8. The van der Waals surface area contributed by atoms with Crippen LogP contribution in [-0.4, -0.2) is 5.91 Å². The van der Waals surface area contributed by atoms with Crippen molar-refractivity contribution in [3.05, 3.63) is 50.9 Å². The van der Waals surface area contributed by atoms with Gasteiger partial charge in [0, 0.05) is 16.4 Å². The smallest absolute Gasteiger partial charge is 0.224 e. The van der Waals surface area contributed by atoms with E-state index < -0.39 is 0 Å². The van der Waals surface area contributed by atoms with E-state index in [0.717, 1.165) is 9.33 Å². The first-order chi connectivity index (χ1) is 8.65. The lowest BCUT2D eigenvalue weighted by Gasteiger charge is -2.07. The van der Waals surface area contributed by atoms with Gasteiger partial charge in [0.05, 0.1) is 17.0 Å². The zero-order valence-corrected chi connectivity index (χ0v) is 12.4. The third kappa shape index (κ3) is 3.74. The number of halogens is 2. The van der Waals surface area contributed by atoms with Crippen LogP contribution in [0.25, 0.3) is 0 Å². The van der Waals surface area contributed by atoms with Gasteiger partial charge in [-0.15, -0.1) is 0 Å². The Bertz CT molecular complexity index is 540. The molecular formula is C13H11ClINO2. The molecule has 0 saturated heterocycles. The SMILES string of the molecule is O=C(CCc1ccco1)Nc1cc(I)ccc1Cl. The fourth-order valence-corrected chi connectivity index (χ4v) is 2.15. The van der Waals surface area contributed by atoms with Crippen LogP contribution >= 0.6 is 34.2 Å². The van der Waals surface area contributed by atoms with Crippen molar-refractivity contribution in [2.24, 2.45) is 0 Å². The molecule has 1 amide bonds. The van der Waals surface area contributed by atoms with Crippen molar-refractivity contribution < 1.29 is 9.21 Å². The monoisotopic (exact) mass is 375 g/mol. The van der Waals surface area contributed by atoms with Crippen molar-refractivity contribution in [3.8, 4) is 0 Å². The second kappa shape index (κ2) is 6.24. The molecule has 0 bridgehead atoms. The molecule has 0 aliphatic rings. The Labute approximate surface area is 124 Å². The molecule has 0 aliphatic carbocycles. The molecule has 1 heterocycles. The van der Waals surface area contributed by atoms with E-state index in [1.807, 2.05) is 24.3 Å². The molecule has 5 heteroatoms. The minimum absolute atomic E-state index is 0.0738. The van der Waals surface area contributed by atoms with Gasteiger partial charge in [0.25, 0.3) is 0 Å². The topological polar surface area (TPSA) is 42.2 Å². The number of nitrogens with one attached hydrogen (secondary N) is 1. The molecule has 1 aromatic carbocycles. The van der Waals surface area contributed by atoms with Gasteiger partial charge in [-0.2, -0.15) is 0 Å². The minimum Gasteiger partial charge on any atom is -0.469 e. The van der Waals surface area contributed by atoms with Gasteiger partial charge < -0.3 is 9.73 Å².